The summed E-state index contributed by atoms with van der Waals surface area (Å²) in [6.07, 6.45) is 5.77. The van der Waals surface area contributed by atoms with Crippen molar-refractivity contribution in [3.63, 3.8) is 0 Å². The molecule has 1 aromatic carbocycles. The number of nitrogens with zero attached hydrogens (tertiary/aromatic N) is 1. The Kier molecular flexibility index (Phi) is 5.48. The molecule has 0 radical (unpaired) electrons. The number of hydrogen-bond acceptors (Lipinski definition) is 3. The van der Waals surface area contributed by atoms with Gasteiger partial charge in [-0.15, -0.1) is 0 Å². The molecule has 0 saturated carbocycles. The minimum Gasteiger partial charge on any atom is -0.491 e. The summed E-state index contributed by atoms with van der Waals surface area (Å²) in [6.45, 7) is 8.80. The van der Waals surface area contributed by atoms with Crippen LogP contribution in [0.5, 0.6) is 5.75 Å². The van der Waals surface area contributed by atoms with Crippen LogP contribution in [0.15, 0.2) is 23.8 Å². The second-order valence-corrected chi connectivity index (χ2v) is 7.63. The van der Waals surface area contributed by atoms with Crippen molar-refractivity contribution < 1.29 is 14.6 Å². The van der Waals surface area contributed by atoms with Crippen LogP contribution in [-0.2, 0) is 11.2 Å². The molecule has 0 spiro atoms. The summed E-state index contributed by atoms with van der Waals surface area (Å²) in [7, 11) is 0. The van der Waals surface area contributed by atoms with Crippen molar-refractivity contribution in [1.29, 1.82) is 0 Å². The zero-order valence-electron chi connectivity index (χ0n) is 15.5. The Labute approximate surface area is 150 Å². The highest BCUT2D eigenvalue weighted by Crippen LogP contribution is 2.32. The van der Waals surface area contributed by atoms with Gasteiger partial charge in [0.2, 0.25) is 0 Å². The van der Waals surface area contributed by atoms with Gasteiger partial charge in [-0.05, 0) is 48.9 Å². The number of carbonyl (C=O) groups is 1. The fourth-order valence-electron chi connectivity index (χ4n) is 3.79. The van der Waals surface area contributed by atoms with Gasteiger partial charge in [0.05, 0.1) is 12.0 Å². The van der Waals surface area contributed by atoms with Crippen LogP contribution in [-0.4, -0.2) is 41.7 Å². The van der Waals surface area contributed by atoms with Crippen LogP contribution in [0.25, 0.3) is 6.08 Å². The number of aliphatic carboxylic acids is 1. The molecule has 1 aliphatic carbocycles. The summed E-state index contributed by atoms with van der Waals surface area (Å²) in [4.78, 5) is 13.2. The van der Waals surface area contributed by atoms with E-state index in [1.165, 1.54) is 16.7 Å². The summed E-state index contributed by atoms with van der Waals surface area (Å²) in [5.41, 5.74) is 4.03. The third-order valence-corrected chi connectivity index (χ3v) is 5.36. The summed E-state index contributed by atoms with van der Waals surface area (Å²) < 4.78 is 6.02. The lowest BCUT2D eigenvalue weighted by Gasteiger charge is -2.38. The first-order valence-corrected chi connectivity index (χ1v) is 9.41. The van der Waals surface area contributed by atoms with Crippen molar-refractivity contribution in [3.8, 4) is 5.75 Å². The molecule has 1 heterocycles. The van der Waals surface area contributed by atoms with E-state index in [4.69, 9.17) is 9.84 Å². The van der Waals surface area contributed by atoms with Gasteiger partial charge in [-0.3, -0.25) is 9.69 Å². The van der Waals surface area contributed by atoms with Gasteiger partial charge in [0, 0.05) is 19.6 Å². The number of carboxylic acid groups (broad SMARTS) is 1. The number of carboxylic acids is 1. The molecule has 4 heteroatoms. The molecule has 3 rings (SSSR count). The Morgan fingerprint density at radius 2 is 2.16 bits per heavy atom. The first-order chi connectivity index (χ1) is 12.0. The standard InChI is InChI=1S/C21H29NO3/c1-4-5-15(3)25-20-7-6-16-9-18(14(2)8-17(16)10-20)11-22-12-19(13-22)21(23)24/h6-7,9-10,14-15,19H,4-5,8,11-13H2,1-3H3,(H,23,24)/t14-,15?/m0/s1. The molecule has 2 aliphatic rings. The lowest BCUT2D eigenvalue weighted by molar-refractivity contribution is -0.147. The monoisotopic (exact) mass is 343 g/mol. The molecule has 1 unspecified atom stereocenters. The molecule has 0 bridgehead atoms. The van der Waals surface area contributed by atoms with Gasteiger partial charge < -0.3 is 9.84 Å². The lowest BCUT2D eigenvalue weighted by atomic mass is 9.83. The predicted octanol–water partition coefficient (Wildman–Crippen LogP) is 3.85. The van der Waals surface area contributed by atoms with Crippen LogP contribution < -0.4 is 4.74 Å². The number of rotatable bonds is 7. The second-order valence-electron chi connectivity index (χ2n) is 7.63. The highest BCUT2D eigenvalue weighted by molar-refractivity contribution is 5.71. The number of likely N-dealkylation sites (tertiary alicyclic amines) is 1. The Hall–Kier alpha value is -1.81. The molecule has 1 aromatic rings. The molecular formula is C21H29NO3. The molecule has 4 nitrogen and oxygen atoms in total. The van der Waals surface area contributed by atoms with Gasteiger partial charge in [-0.25, -0.2) is 0 Å². The van der Waals surface area contributed by atoms with Gasteiger partial charge in [0.1, 0.15) is 5.75 Å². The number of benzene rings is 1. The molecule has 25 heavy (non-hydrogen) atoms. The van der Waals surface area contributed by atoms with E-state index in [2.05, 4.69) is 49.9 Å². The maximum Gasteiger partial charge on any atom is 0.309 e. The van der Waals surface area contributed by atoms with E-state index in [-0.39, 0.29) is 12.0 Å². The molecule has 0 amide bonds. The minimum atomic E-state index is -0.669. The number of fused-ring (bicyclic) bond motifs is 1. The quantitative estimate of drug-likeness (QED) is 0.817. The van der Waals surface area contributed by atoms with E-state index in [1.54, 1.807) is 0 Å². The Balaban J connectivity index is 1.65. The first-order valence-electron chi connectivity index (χ1n) is 9.41. The van der Waals surface area contributed by atoms with E-state index in [1.807, 2.05) is 0 Å². The molecule has 1 fully saturated rings. The largest absolute Gasteiger partial charge is 0.491 e. The second kappa shape index (κ2) is 7.61. The Morgan fingerprint density at radius 1 is 1.40 bits per heavy atom. The molecule has 2 atom stereocenters. The highest BCUT2D eigenvalue weighted by atomic mass is 16.5. The molecule has 136 valence electrons. The van der Waals surface area contributed by atoms with Gasteiger partial charge in [-0.1, -0.05) is 38.0 Å². The van der Waals surface area contributed by atoms with Gasteiger partial charge >= 0.3 is 5.97 Å². The zero-order chi connectivity index (χ0) is 18.0. The van der Waals surface area contributed by atoms with E-state index >= 15 is 0 Å². The van der Waals surface area contributed by atoms with Crippen LogP contribution in [0.1, 0.15) is 44.7 Å². The van der Waals surface area contributed by atoms with Crippen LogP contribution >= 0.6 is 0 Å². The summed E-state index contributed by atoms with van der Waals surface area (Å²) in [6, 6.07) is 6.42. The highest BCUT2D eigenvalue weighted by Gasteiger charge is 2.33. The maximum absolute atomic E-state index is 10.9. The Morgan fingerprint density at radius 3 is 2.84 bits per heavy atom. The molecule has 1 aliphatic heterocycles. The van der Waals surface area contributed by atoms with Crippen molar-refractivity contribution in [3.05, 3.63) is 34.9 Å². The van der Waals surface area contributed by atoms with Crippen molar-refractivity contribution in [2.45, 2.75) is 46.1 Å². The SMILES string of the molecule is CCCC(C)Oc1ccc2c(c1)C[C@H](C)C(CN1CC(C(=O)O)C1)=C2. The van der Waals surface area contributed by atoms with Crippen LogP contribution in [0.4, 0.5) is 0 Å². The summed E-state index contributed by atoms with van der Waals surface area (Å²) >= 11 is 0. The normalized spacial score (nSPS) is 21.9. The third-order valence-electron chi connectivity index (χ3n) is 5.36. The van der Waals surface area contributed by atoms with E-state index in [0.29, 0.717) is 19.0 Å². The van der Waals surface area contributed by atoms with Crippen molar-refractivity contribution in [2.75, 3.05) is 19.6 Å². The first kappa shape index (κ1) is 18.0. The average Bonchev–Trinajstić information content (AvgIpc) is 2.50. The maximum atomic E-state index is 10.9. The zero-order valence-corrected chi connectivity index (χ0v) is 15.5. The molecular weight excluding hydrogens is 314 g/mol. The lowest BCUT2D eigenvalue weighted by Crippen LogP contribution is -2.51. The van der Waals surface area contributed by atoms with E-state index in [9.17, 15) is 4.79 Å². The third kappa shape index (κ3) is 4.24. The minimum absolute atomic E-state index is 0.184. The summed E-state index contributed by atoms with van der Waals surface area (Å²) in [5.74, 6) is 0.601. The van der Waals surface area contributed by atoms with Gasteiger partial charge in [-0.2, -0.15) is 0 Å². The van der Waals surface area contributed by atoms with Crippen molar-refractivity contribution in [2.24, 2.45) is 11.8 Å². The van der Waals surface area contributed by atoms with E-state index in [0.717, 1.165) is 31.6 Å². The molecule has 0 aromatic heterocycles. The fraction of sp³-hybridized carbons (Fsp3) is 0.571. The van der Waals surface area contributed by atoms with Crippen molar-refractivity contribution >= 4 is 12.0 Å². The van der Waals surface area contributed by atoms with Crippen LogP contribution in [0.3, 0.4) is 0 Å². The Bertz CT molecular complexity index is 661. The van der Waals surface area contributed by atoms with Gasteiger partial charge in [0.15, 0.2) is 0 Å². The number of ether oxygens (including phenoxy) is 1. The molecule has 1 saturated heterocycles. The van der Waals surface area contributed by atoms with E-state index < -0.39 is 5.97 Å². The van der Waals surface area contributed by atoms with Gasteiger partial charge in [0.25, 0.3) is 0 Å². The number of hydrogen-bond donors (Lipinski definition) is 1. The average molecular weight is 343 g/mol. The van der Waals surface area contributed by atoms with Crippen LogP contribution in [0, 0.1) is 11.8 Å². The van der Waals surface area contributed by atoms with Crippen LogP contribution in [0.2, 0.25) is 0 Å². The summed E-state index contributed by atoms with van der Waals surface area (Å²) in [5, 5.41) is 9.01. The fourth-order valence-corrected chi connectivity index (χ4v) is 3.79. The topological polar surface area (TPSA) is 49.8 Å². The molecule has 1 N–H and O–H groups in total. The van der Waals surface area contributed by atoms with Crippen molar-refractivity contribution in [1.82, 2.24) is 4.90 Å². The smallest absolute Gasteiger partial charge is 0.309 e. The predicted molar refractivity (Wildman–Crippen MR) is 99.9 cm³/mol.